The summed E-state index contributed by atoms with van der Waals surface area (Å²) in [6.07, 6.45) is 1.03. The summed E-state index contributed by atoms with van der Waals surface area (Å²) >= 11 is 1.15. The minimum Gasteiger partial charge on any atom is -0.481 e. The van der Waals surface area contributed by atoms with Crippen LogP contribution in [0.5, 0.6) is 0 Å². The van der Waals surface area contributed by atoms with Crippen molar-refractivity contribution >= 4 is 28.8 Å². The molecule has 1 aliphatic carbocycles. The summed E-state index contributed by atoms with van der Waals surface area (Å²) in [5.74, 6) is -0.786. The molecule has 2 atom stereocenters. The van der Waals surface area contributed by atoms with Gasteiger partial charge in [0.25, 0.3) is 0 Å². The van der Waals surface area contributed by atoms with Gasteiger partial charge < -0.3 is 9.67 Å². The van der Waals surface area contributed by atoms with Crippen molar-refractivity contribution in [2.24, 2.45) is 5.92 Å². The molecule has 4 nitrogen and oxygen atoms in total. The number of carboxylic acids is 1. The third-order valence-corrected chi connectivity index (χ3v) is 4.30. The second-order valence-corrected chi connectivity index (χ2v) is 5.78. The molecule has 0 saturated heterocycles. The van der Waals surface area contributed by atoms with Crippen molar-refractivity contribution in [1.82, 2.24) is 9.55 Å². The maximum atomic E-state index is 13.8. The molecule has 0 aliphatic heterocycles. The largest absolute Gasteiger partial charge is 0.481 e. The Hall–Kier alpha value is -1.56. The van der Waals surface area contributed by atoms with Crippen LogP contribution >= 0.6 is 11.8 Å². The van der Waals surface area contributed by atoms with Gasteiger partial charge in [-0.1, -0.05) is 24.8 Å². The third-order valence-electron chi connectivity index (χ3n) is 3.36. The van der Waals surface area contributed by atoms with E-state index in [-0.39, 0.29) is 11.6 Å². The Kier molecular flexibility index (Phi) is 2.97. The lowest BCUT2D eigenvalue weighted by molar-refractivity contribution is -0.133. The molecule has 6 heteroatoms. The maximum absolute atomic E-state index is 13.8. The lowest BCUT2D eigenvalue weighted by Gasteiger charge is -2.06. The Labute approximate surface area is 113 Å². The van der Waals surface area contributed by atoms with Gasteiger partial charge in [-0.2, -0.15) is 0 Å². The van der Waals surface area contributed by atoms with E-state index in [2.05, 4.69) is 11.9 Å². The average molecular weight is 280 g/mol. The van der Waals surface area contributed by atoms with Crippen molar-refractivity contribution in [3.8, 4) is 0 Å². The number of fused-ring (bicyclic) bond motifs is 1. The fourth-order valence-electron chi connectivity index (χ4n) is 2.27. The number of halogens is 1. The molecule has 100 valence electrons. The number of benzene rings is 1. The highest BCUT2D eigenvalue weighted by Gasteiger charge is 2.37. The topological polar surface area (TPSA) is 55.1 Å². The minimum atomic E-state index is -0.895. The Bertz CT molecular complexity index is 655. The first kappa shape index (κ1) is 12.5. The molecule has 0 bridgehead atoms. The maximum Gasteiger partial charge on any atom is 0.313 e. The molecule has 1 N–H and O–H groups in total. The highest BCUT2D eigenvalue weighted by atomic mass is 32.2. The molecule has 1 fully saturated rings. The van der Waals surface area contributed by atoms with Gasteiger partial charge in [0.05, 0.1) is 11.3 Å². The van der Waals surface area contributed by atoms with Gasteiger partial charge in [0.2, 0.25) is 0 Å². The molecule has 0 amide bonds. The van der Waals surface area contributed by atoms with Crippen LogP contribution in [0.25, 0.3) is 11.0 Å². The number of carboxylic acid groups (broad SMARTS) is 1. The third kappa shape index (κ3) is 2.20. The highest BCUT2D eigenvalue weighted by Crippen LogP contribution is 2.46. The first-order chi connectivity index (χ1) is 9.08. The molecule has 3 rings (SSSR count). The molecule has 1 saturated carbocycles. The van der Waals surface area contributed by atoms with Crippen LogP contribution in [0.1, 0.15) is 19.4 Å². The van der Waals surface area contributed by atoms with Crippen molar-refractivity contribution < 1.29 is 14.3 Å². The molecule has 2 aromatic rings. The second kappa shape index (κ2) is 4.52. The van der Waals surface area contributed by atoms with Crippen LogP contribution < -0.4 is 0 Å². The quantitative estimate of drug-likeness (QED) is 0.875. The van der Waals surface area contributed by atoms with Crippen LogP contribution in [0.4, 0.5) is 4.39 Å². The Balaban J connectivity index is 2.08. The van der Waals surface area contributed by atoms with Crippen LogP contribution in [0.2, 0.25) is 0 Å². The lowest BCUT2D eigenvalue weighted by atomic mass is 10.3. The summed E-state index contributed by atoms with van der Waals surface area (Å²) in [5, 5.41) is 9.36. The fraction of sp³-hybridized carbons (Fsp3) is 0.385. The molecule has 2 unspecified atom stereocenters. The van der Waals surface area contributed by atoms with Crippen molar-refractivity contribution in [2.45, 2.75) is 24.5 Å². The van der Waals surface area contributed by atoms with Gasteiger partial charge in [-0.05, 0) is 24.5 Å². The summed E-state index contributed by atoms with van der Waals surface area (Å²) in [6.45, 7) is 2.13. The number of aliphatic carboxylic acids is 1. The number of carbonyl (C=O) groups is 1. The zero-order valence-electron chi connectivity index (χ0n) is 10.3. The van der Waals surface area contributed by atoms with E-state index in [1.54, 1.807) is 6.07 Å². The normalized spacial score (nSPS) is 21.8. The molecule has 1 heterocycles. The molecule has 19 heavy (non-hydrogen) atoms. The molecular weight excluding hydrogens is 267 g/mol. The van der Waals surface area contributed by atoms with Crippen LogP contribution in [0.3, 0.4) is 0 Å². The zero-order valence-corrected chi connectivity index (χ0v) is 11.2. The van der Waals surface area contributed by atoms with Gasteiger partial charge in [0.15, 0.2) is 11.0 Å². The molecule has 0 spiro atoms. The number of hydrogen-bond donors (Lipinski definition) is 1. The minimum absolute atomic E-state index is 0.0635. The van der Waals surface area contributed by atoms with Gasteiger partial charge in [0, 0.05) is 6.04 Å². The fourth-order valence-corrected chi connectivity index (χ4v) is 3.05. The van der Waals surface area contributed by atoms with E-state index >= 15 is 0 Å². The summed E-state index contributed by atoms with van der Waals surface area (Å²) in [5.41, 5.74) is 1.08. The number of para-hydroxylation sites is 1. The standard InChI is InChI=1S/C13H13FN2O2S/c1-7-5-10(7)16-9-4-2-3-8(14)12(9)15-13(16)19-6-11(17)18/h2-4,7,10H,5-6H2,1H3,(H,17,18). The number of rotatable bonds is 4. The predicted octanol–water partition coefficient (Wildman–Crippen LogP) is 2.93. The van der Waals surface area contributed by atoms with Crippen LogP contribution in [0.15, 0.2) is 23.4 Å². The smallest absolute Gasteiger partial charge is 0.313 e. The SMILES string of the molecule is CC1CC1n1c(SCC(=O)O)nc2c(F)cccc21. The Morgan fingerprint density at radius 2 is 2.37 bits per heavy atom. The number of aromatic nitrogens is 2. The van der Waals surface area contributed by atoms with Crippen molar-refractivity contribution in [3.05, 3.63) is 24.0 Å². The number of thioether (sulfide) groups is 1. The average Bonchev–Trinajstić information content (AvgIpc) is 2.94. The molecule has 0 radical (unpaired) electrons. The number of hydrogen-bond acceptors (Lipinski definition) is 3. The van der Waals surface area contributed by atoms with Crippen LogP contribution in [0, 0.1) is 11.7 Å². The van der Waals surface area contributed by atoms with E-state index in [0.29, 0.717) is 22.6 Å². The van der Waals surface area contributed by atoms with E-state index in [9.17, 15) is 9.18 Å². The summed E-state index contributed by atoms with van der Waals surface area (Å²) in [6, 6.07) is 5.18. The number of imidazole rings is 1. The first-order valence-electron chi connectivity index (χ1n) is 6.09. The summed E-state index contributed by atoms with van der Waals surface area (Å²) in [4.78, 5) is 15.0. The summed E-state index contributed by atoms with van der Waals surface area (Å²) < 4.78 is 15.7. The summed E-state index contributed by atoms with van der Waals surface area (Å²) in [7, 11) is 0. The van der Waals surface area contributed by atoms with Gasteiger partial charge in [-0.3, -0.25) is 4.79 Å². The first-order valence-corrected chi connectivity index (χ1v) is 7.07. The van der Waals surface area contributed by atoms with E-state index in [0.717, 1.165) is 23.7 Å². The van der Waals surface area contributed by atoms with E-state index in [4.69, 9.17) is 5.11 Å². The molecule has 1 aliphatic rings. The van der Waals surface area contributed by atoms with Crippen molar-refractivity contribution in [2.75, 3.05) is 5.75 Å². The van der Waals surface area contributed by atoms with Crippen LogP contribution in [-0.2, 0) is 4.79 Å². The molecule has 1 aromatic carbocycles. The van der Waals surface area contributed by atoms with Crippen molar-refractivity contribution in [1.29, 1.82) is 0 Å². The van der Waals surface area contributed by atoms with Gasteiger partial charge in [-0.25, -0.2) is 9.37 Å². The van der Waals surface area contributed by atoms with Gasteiger partial charge in [0.1, 0.15) is 5.52 Å². The van der Waals surface area contributed by atoms with Crippen molar-refractivity contribution in [3.63, 3.8) is 0 Å². The van der Waals surface area contributed by atoms with E-state index < -0.39 is 5.97 Å². The zero-order chi connectivity index (χ0) is 13.6. The Morgan fingerprint density at radius 1 is 1.63 bits per heavy atom. The molecular formula is C13H13FN2O2S. The van der Waals surface area contributed by atoms with Gasteiger partial charge >= 0.3 is 5.97 Å². The second-order valence-electron chi connectivity index (χ2n) is 4.83. The highest BCUT2D eigenvalue weighted by molar-refractivity contribution is 7.99. The van der Waals surface area contributed by atoms with E-state index in [1.165, 1.54) is 6.07 Å². The Morgan fingerprint density at radius 3 is 3.00 bits per heavy atom. The molecule has 1 aromatic heterocycles. The predicted molar refractivity (Wildman–Crippen MR) is 70.9 cm³/mol. The van der Waals surface area contributed by atoms with Gasteiger partial charge in [-0.15, -0.1) is 0 Å². The number of nitrogens with zero attached hydrogens (tertiary/aromatic N) is 2. The lowest BCUT2D eigenvalue weighted by Crippen LogP contribution is -2.02. The van der Waals surface area contributed by atoms with E-state index in [1.807, 2.05) is 10.6 Å². The van der Waals surface area contributed by atoms with Crippen LogP contribution in [-0.4, -0.2) is 26.4 Å². The monoisotopic (exact) mass is 280 g/mol.